The van der Waals surface area contributed by atoms with Crippen molar-refractivity contribution in [1.82, 2.24) is 0 Å². The number of rotatable bonds is 3. The van der Waals surface area contributed by atoms with Crippen LogP contribution in [-0.2, 0) is 4.79 Å². The van der Waals surface area contributed by atoms with Gasteiger partial charge in [0, 0.05) is 11.0 Å². The SMILES string of the molecule is COc1ccc(C(=O)C2C(=O)C3(C)CCC2C3(C)C)cc1. The molecule has 112 valence electrons. The highest BCUT2D eigenvalue weighted by Crippen LogP contribution is 2.66. The minimum Gasteiger partial charge on any atom is -0.497 e. The van der Waals surface area contributed by atoms with Crippen LogP contribution in [0.15, 0.2) is 24.3 Å². The van der Waals surface area contributed by atoms with Gasteiger partial charge in [-0.15, -0.1) is 0 Å². The second kappa shape index (κ2) is 4.43. The number of ketones is 2. The fourth-order valence-corrected chi connectivity index (χ4v) is 4.32. The summed E-state index contributed by atoms with van der Waals surface area (Å²) in [5.74, 6) is 0.545. The first-order valence-corrected chi connectivity index (χ1v) is 7.55. The topological polar surface area (TPSA) is 43.4 Å². The van der Waals surface area contributed by atoms with Crippen LogP contribution in [0.2, 0.25) is 0 Å². The van der Waals surface area contributed by atoms with Gasteiger partial charge >= 0.3 is 0 Å². The molecule has 2 aliphatic carbocycles. The van der Waals surface area contributed by atoms with Crippen LogP contribution in [0, 0.1) is 22.7 Å². The van der Waals surface area contributed by atoms with Crippen molar-refractivity contribution in [2.75, 3.05) is 7.11 Å². The summed E-state index contributed by atoms with van der Waals surface area (Å²) in [6.45, 7) is 6.32. The number of benzene rings is 1. The molecule has 3 rings (SSSR count). The van der Waals surface area contributed by atoms with Gasteiger partial charge in [-0.3, -0.25) is 9.59 Å². The molecule has 3 nitrogen and oxygen atoms in total. The van der Waals surface area contributed by atoms with Gasteiger partial charge < -0.3 is 4.74 Å². The van der Waals surface area contributed by atoms with Crippen molar-refractivity contribution < 1.29 is 14.3 Å². The Morgan fingerprint density at radius 1 is 1.19 bits per heavy atom. The molecule has 0 amide bonds. The molecule has 2 aliphatic rings. The third-order valence-corrected chi connectivity index (χ3v) is 6.19. The molecular formula is C18H22O3. The normalized spacial score (nSPS) is 33.2. The Hall–Kier alpha value is -1.64. The minimum atomic E-state index is -0.466. The minimum absolute atomic E-state index is 0.0239. The molecule has 2 saturated carbocycles. The van der Waals surface area contributed by atoms with Crippen molar-refractivity contribution in [3.05, 3.63) is 29.8 Å². The highest BCUT2D eigenvalue weighted by atomic mass is 16.5. The quantitative estimate of drug-likeness (QED) is 0.630. The third-order valence-electron chi connectivity index (χ3n) is 6.19. The summed E-state index contributed by atoms with van der Waals surface area (Å²) in [5, 5.41) is 0. The molecule has 1 aromatic carbocycles. The Morgan fingerprint density at radius 3 is 2.29 bits per heavy atom. The highest BCUT2D eigenvalue weighted by Gasteiger charge is 2.67. The summed E-state index contributed by atoms with van der Waals surface area (Å²) in [6, 6.07) is 7.07. The largest absolute Gasteiger partial charge is 0.497 e. The molecular weight excluding hydrogens is 264 g/mol. The van der Waals surface area contributed by atoms with E-state index in [0.29, 0.717) is 5.56 Å². The summed E-state index contributed by atoms with van der Waals surface area (Å²) in [5.41, 5.74) is 0.183. The average Bonchev–Trinajstić information content (AvgIpc) is 2.79. The van der Waals surface area contributed by atoms with Crippen molar-refractivity contribution in [3.8, 4) is 5.75 Å². The maximum absolute atomic E-state index is 12.8. The number of carbonyl (C=O) groups excluding carboxylic acids is 2. The lowest BCUT2D eigenvalue weighted by Gasteiger charge is -2.32. The Kier molecular flexibility index (Phi) is 3.01. The van der Waals surface area contributed by atoms with E-state index in [4.69, 9.17) is 4.74 Å². The van der Waals surface area contributed by atoms with Crippen LogP contribution >= 0.6 is 0 Å². The van der Waals surface area contributed by atoms with E-state index in [-0.39, 0.29) is 28.3 Å². The smallest absolute Gasteiger partial charge is 0.173 e. The van der Waals surface area contributed by atoms with Gasteiger partial charge in [-0.25, -0.2) is 0 Å². The molecule has 0 aliphatic heterocycles. The van der Waals surface area contributed by atoms with Crippen LogP contribution in [0.1, 0.15) is 44.0 Å². The molecule has 0 N–H and O–H groups in total. The Morgan fingerprint density at radius 2 is 1.81 bits per heavy atom. The second-order valence-corrected chi connectivity index (χ2v) is 7.13. The summed E-state index contributed by atoms with van der Waals surface area (Å²) in [6.07, 6.45) is 1.89. The van der Waals surface area contributed by atoms with E-state index in [1.54, 1.807) is 31.4 Å². The molecule has 1 aromatic rings. The molecule has 0 radical (unpaired) electrons. The van der Waals surface area contributed by atoms with Gasteiger partial charge in [-0.2, -0.15) is 0 Å². The summed E-state index contributed by atoms with van der Waals surface area (Å²) >= 11 is 0. The van der Waals surface area contributed by atoms with E-state index in [1.165, 1.54) is 0 Å². The highest BCUT2D eigenvalue weighted by molar-refractivity contribution is 6.14. The molecule has 0 aromatic heterocycles. The lowest BCUT2D eigenvalue weighted by molar-refractivity contribution is -0.130. The van der Waals surface area contributed by atoms with Crippen molar-refractivity contribution in [2.24, 2.45) is 22.7 Å². The van der Waals surface area contributed by atoms with Crippen LogP contribution in [0.4, 0.5) is 0 Å². The first-order valence-electron chi connectivity index (χ1n) is 7.55. The fourth-order valence-electron chi connectivity index (χ4n) is 4.32. The van der Waals surface area contributed by atoms with Crippen LogP contribution in [0.25, 0.3) is 0 Å². The molecule has 3 heteroatoms. The van der Waals surface area contributed by atoms with Gasteiger partial charge in [0.25, 0.3) is 0 Å². The van der Waals surface area contributed by atoms with Gasteiger partial charge in [0.2, 0.25) is 0 Å². The van der Waals surface area contributed by atoms with Gasteiger partial charge in [0.05, 0.1) is 13.0 Å². The second-order valence-electron chi connectivity index (χ2n) is 7.13. The zero-order chi connectivity index (χ0) is 15.4. The molecule has 3 unspecified atom stereocenters. The standard InChI is InChI=1S/C18H22O3/c1-17(2)13-9-10-18(17,3)16(20)14(13)15(19)11-5-7-12(21-4)8-6-11/h5-8,13-14H,9-10H2,1-4H3. The van der Waals surface area contributed by atoms with Gasteiger partial charge in [-0.1, -0.05) is 20.8 Å². The summed E-state index contributed by atoms with van der Waals surface area (Å²) < 4.78 is 5.12. The fraction of sp³-hybridized carbons (Fsp3) is 0.556. The van der Waals surface area contributed by atoms with E-state index in [0.717, 1.165) is 18.6 Å². The van der Waals surface area contributed by atoms with Crippen LogP contribution < -0.4 is 4.74 Å². The van der Waals surface area contributed by atoms with Gasteiger partial charge in [-0.05, 0) is 48.4 Å². The van der Waals surface area contributed by atoms with Crippen LogP contribution in [0.3, 0.4) is 0 Å². The molecule has 0 saturated heterocycles. The lowest BCUT2D eigenvalue weighted by Crippen LogP contribution is -2.35. The van der Waals surface area contributed by atoms with Crippen molar-refractivity contribution in [2.45, 2.75) is 33.6 Å². The lowest BCUT2D eigenvalue weighted by atomic mass is 9.70. The van der Waals surface area contributed by atoms with Gasteiger partial charge in [0.15, 0.2) is 5.78 Å². The van der Waals surface area contributed by atoms with Crippen molar-refractivity contribution >= 4 is 11.6 Å². The Labute approximate surface area is 125 Å². The molecule has 3 atom stereocenters. The summed E-state index contributed by atoms with van der Waals surface area (Å²) in [7, 11) is 1.60. The summed E-state index contributed by atoms with van der Waals surface area (Å²) in [4.78, 5) is 25.6. The molecule has 0 heterocycles. The number of hydrogen-bond acceptors (Lipinski definition) is 3. The monoisotopic (exact) mass is 286 g/mol. The van der Waals surface area contributed by atoms with Crippen molar-refractivity contribution in [3.63, 3.8) is 0 Å². The van der Waals surface area contributed by atoms with E-state index in [1.807, 2.05) is 6.92 Å². The average molecular weight is 286 g/mol. The molecule has 21 heavy (non-hydrogen) atoms. The molecule has 0 spiro atoms. The van der Waals surface area contributed by atoms with E-state index in [9.17, 15) is 9.59 Å². The Balaban J connectivity index is 1.94. The zero-order valence-electron chi connectivity index (χ0n) is 13.1. The number of Topliss-reactive ketones (excluding diaryl/α,β-unsaturated/α-hetero) is 2. The Bertz CT molecular complexity index is 599. The predicted molar refractivity (Wildman–Crippen MR) is 80.4 cm³/mol. The third kappa shape index (κ3) is 1.73. The number of fused-ring (bicyclic) bond motifs is 2. The number of carbonyl (C=O) groups is 2. The number of methoxy groups -OCH3 is 1. The van der Waals surface area contributed by atoms with E-state index < -0.39 is 5.92 Å². The maximum atomic E-state index is 12.8. The zero-order valence-corrected chi connectivity index (χ0v) is 13.1. The number of ether oxygens (including phenoxy) is 1. The van der Waals surface area contributed by atoms with E-state index >= 15 is 0 Å². The first-order chi connectivity index (χ1) is 9.83. The van der Waals surface area contributed by atoms with Crippen LogP contribution in [-0.4, -0.2) is 18.7 Å². The predicted octanol–water partition coefficient (Wildman–Crippen LogP) is 3.52. The first kappa shape index (κ1) is 14.3. The van der Waals surface area contributed by atoms with E-state index in [2.05, 4.69) is 13.8 Å². The maximum Gasteiger partial charge on any atom is 0.173 e. The molecule has 2 fully saturated rings. The van der Waals surface area contributed by atoms with Crippen molar-refractivity contribution in [1.29, 1.82) is 0 Å². The number of hydrogen-bond donors (Lipinski definition) is 0. The van der Waals surface area contributed by atoms with Crippen LogP contribution in [0.5, 0.6) is 5.75 Å². The van der Waals surface area contributed by atoms with Gasteiger partial charge in [0.1, 0.15) is 11.5 Å². The molecule has 2 bridgehead atoms.